The van der Waals surface area contributed by atoms with Crippen LogP contribution in [0.1, 0.15) is 29.6 Å². The fourth-order valence-corrected chi connectivity index (χ4v) is 3.83. The van der Waals surface area contributed by atoms with Crippen LogP contribution < -0.4 is 19.5 Å². The van der Waals surface area contributed by atoms with E-state index in [1.54, 1.807) is 12.1 Å². The van der Waals surface area contributed by atoms with Crippen LogP contribution in [0.2, 0.25) is 0 Å². The van der Waals surface area contributed by atoms with Crippen molar-refractivity contribution >= 4 is 17.4 Å². The Bertz CT molecular complexity index is 859. The van der Waals surface area contributed by atoms with Crippen LogP contribution in [-0.2, 0) is 4.79 Å². The van der Waals surface area contributed by atoms with Crippen LogP contribution in [0, 0.1) is 0 Å². The number of amides is 1. The minimum atomic E-state index is -0.150. The molecule has 1 heterocycles. The quantitative estimate of drug-likeness (QED) is 0.636. The third kappa shape index (κ3) is 5.10. The number of carbonyl (C=O) groups is 2. The molecule has 1 atom stereocenters. The molecule has 0 aromatic heterocycles. The van der Waals surface area contributed by atoms with Gasteiger partial charge in [-0.25, -0.2) is 0 Å². The van der Waals surface area contributed by atoms with Gasteiger partial charge in [-0.1, -0.05) is 30.3 Å². The molecule has 0 aliphatic carbocycles. The van der Waals surface area contributed by atoms with Crippen LogP contribution >= 0.6 is 0 Å². The monoisotopic (exact) mass is 412 g/mol. The van der Waals surface area contributed by atoms with Gasteiger partial charge in [-0.15, -0.1) is 0 Å². The number of hydrogen-bond acceptors (Lipinski definition) is 6. The first-order valence-electron chi connectivity index (χ1n) is 9.98. The zero-order chi connectivity index (χ0) is 21.5. The van der Waals surface area contributed by atoms with Crippen molar-refractivity contribution in [3.05, 3.63) is 48.0 Å². The standard InChI is InChI=1S/C23H28N2O5/c1-28-20-12-17(13-21(29-2)23(20)30-3)24-22(27)15-25-11-7-10-18(25)14-19(26)16-8-5-4-6-9-16/h4-6,8-9,12-13,18H,7,10-11,14-15H2,1-3H3,(H,24,27)/t18-/m1/s1. The van der Waals surface area contributed by atoms with Crippen LogP contribution in [0.4, 0.5) is 5.69 Å². The molecule has 2 aromatic carbocycles. The van der Waals surface area contributed by atoms with Gasteiger partial charge >= 0.3 is 0 Å². The molecule has 3 rings (SSSR count). The molecule has 1 N–H and O–H groups in total. The molecule has 0 radical (unpaired) electrons. The summed E-state index contributed by atoms with van der Waals surface area (Å²) >= 11 is 0. The van der Waals surface area contributed by atoms with Crippen molar-refractivity contribution in [1.29, 1.82) is 0 Å². The molecule has 0 bridgehead atoms. The minimum Gasteiger partial charge on any atom is -0.493 e. The second-order valence-electron chi connectivity index (χ2n) is 7.22. The van der Waals surface area contributed by atoms with Gasteiger partial charge < -0.3 is 19.5 Å². The Morgan fingerprint density at radius 1 is 1.03 bits per heavy atom. The smallest absolute Gasteiger partial charge is 0.238 e. The highest BCUT2D eigenvalue weighted by molar-refractivity contribution is 5.96. The van der Waals surface area contributed by atoms with Crippen molar-refractivity contribution in [2.24, 2.45) is 0 Å². The number of carbonyl (C=O) groups excluding carboxylic acids is 2. The number of methoxy groups -OCH3 is 3. The van der Waals surface area contributed by atoms with Gasteiger partial charge in [0.2, 0.25) is 11.7 Å². The van der Waals surface area contributed by atoms with Gasteiger partial charge in [-0.2, -0.15) is 0 Å². The first kappa shape index (κ1) is 21.6. The number of Topliss-reactive ketones (excluding diaryl/α,β-unsaturated/α-hetero) is 1. The van der Waals surface area contributed by atoms with E-state index < -0.39 is 0 Å². The van der Waals surface area contributed by atoms with Crippen LogP contribution in [0.3, 0.4) is 0 Å². The first-order valence-corrected chi connectivity index (χ1v) is 9.98. The summed E-state index contributed by atoms with van der Waals surface area (Å²) in [7, 11) is 4.59. The largest absolute Gasteiger partial charge is 0.493 e. The fourth-order valence-electron chi connectivity index (χ4n) is 3.83. The number of likely N-dealkylation sites (tertiary alicyclic amines) is 1. The van der Waals surface area contributed by atoms with E-state index in [4.69, 9.17) is 14.2 Å². The number of nitrogens with one attached hydrogen (secondary N) is 1. The molecule has 30 heavy (non-hydrogen) atoms. The average molecular weight is 412 g/mol. The predicted molar refractivity (Wildman–Crippen MR) is 115 cm³/mol. The molecule has 1 amide bonds. The molecule has 1 saturated heterocycles. The topological polar surface area (TPSA) is 77.1 Å². The van der Waals surface area contributed by atoms with Crippen molar-refractivity contribution in [3.63, 3.8) is 0 Å². The lowest BCUT2D eigenvalue weighted by Gasteiger charge is -2.23. The summed E-state index contributed by atoms with van der Waals surface area (Å²) in [6, 6.07) is 12.8. The third-order valence-corrected chi connectivity index (χ3v) is 5.31. The van der Waals surface area contributed by atoms with E-state index in [-0.39, 0.29) is 24.3 Å². The summed E-state index contributed by atoms with van der Waals surface area (Å²) in [5.41, 5.74) is 1.27. The van der Waals surface area contributed by atoms with Crippen molar-refractivity contribution in [3.8, 4) is 17.2 Å². The Labute approximate surface area is 176 Å². The maximum atomic E-state index is 12.7. The Morgan fingerprint density at radius 2 is 1.70 bits per heavy atom. The lowest BCUT2D eigenvalue weighted by Crippen LogP contribution is -2.37. The van der Waals surface area contributed by atoms with Crippen molar-refractivity contribution < 1.29 is 23.8 Å². The number of rotatable bonds is 9. The molecular formula is C23H28N2O5. The van der Waals surface area contributed by atoms with E-state index in [1.807, 2.05) is 30.3 Å². The van der Waals surface area contributed by atoms with E-state index >= 15 is 0 Å². The van der Waals surface area contributed by atoms with E-state index in [0.717, 1.165) is 19.4 Å². The summed E-state index contributed by atoms with van der Waals surface area (Å²) in [4.78, 5) is 27.3. The summed E-state index contributed by atoms with van der Waals surface area (Å²) < 4.78 is 16.0. The van der Waals surface area contributed by atoms with Crippen LogP contribution in [0.15, 0.2) is 42.5 Å². The molecule has 2 aromatic rings. The van der Waals surface area contributed by atoms with E-state index in [1.165, 1.54) is 21.3 Å². The Morgan fingerprint density at radius 3 is 2.30 bits per heavy atom. The van der Waals surface area contributed by atoms with E-state index in [9.17, 15) is 9.59 Å². The molecule has 1 aliphatic rings. The SMILES string of the molecule is COc1cc(NC(=O)CN2CCC[C@@H]2CC(=O)c2ccccc2)cc(OC)c1OC. The Balaban J connectivity index is 1.63. The number of ether oxygens (including phenoxy) is 3. The molecule has 0 unspecified atom stereocenters. The van der Waals surface area contributed by atoms with Crippen LogP contribution in [0.5, 0.6) is 17.2 Å². The lowest BCUT2D eigenvalue weighted by molar-refractivity contribution is -0.117. The Hall–Kier alpha value is -3.06. The Kier molecular flexibility index (Phi) is 7.30. The number of benzene rings is 2. The lowest BCUT2D eigenvalue weighted by atomic mass is 10.0. The van der Waals surface area contributed by atoms with Gasteiger partial charge in [0.15, 0.2) is 17.3 Å². The van der Waals surface area contributed by atoms with E-state index in [0.29, 0.717) is 34.9 Å². The second-order valence-corrected chi connectivity index (χ2v) is 7.22. The summed E-state index contributed by atoms with van der Waals surface area (Å²) in [5, 5.41) is 2.89. The summed E-state index contributed by atoms with van der Waals surface area (Å²) in [6.45, 7) is 1.03. The number of nitrogens with zero attached hydrogens (tertiary/aromatic N) is 1. The van der Waals surface area contributed by atoms with Gasteiger partial charge in [0.1, 0.15) is 0 Å². The second kappa shape index (κ2) is 10.1. The van der Waals surface area contributed by atoms with Crippen molar-refractivity contribution in [1.82, 2.24) is 4.90 Å². The van der Waals surface area contributed by atoms with Gasteiger partial charge in [-0.3, -0.25) is 14.5 Å². The maximum absolute atomic E-state index is 12.7. The predicted octanol–water partition coefficient (Wildman–Crippen LogP) is 3.39. The minimum absolute atomic E-state index is 0.0726. The molecule has 0 saturated carbocycles. The van der Waals surface area contributed by atoms with Crippen molar-refractivity contribution in [2.75, 3.05) is 39.7 Å². The molecule has 1 fully saturated rings. The number of anilines is 1. The fraction of sp³-hybridized carbons (Fsp3) is 0.391. The van der Waals surface area contributed by atoms with Crippen LogP contribution in [-0.4, -0.2) is 57.1 Å². The van der Waals surface area contributed by atoms with Gasteiger partial charge in [0, 0.05) is 35.8 Å². The number of ketones is 1. The average Bonchev–Trinajstić information content (AvgIpc) is 3.19. The highest BCUT2D eigenvalue weighted by Crippen LogP contribution is 2.39. The maximum Gasteiger partial charge on any atom is 0.238 e. The molecule has 0 spiro atoms. The van der Waals surface area contributed by atoms with Crippen LogP contribution in [0.25, 0.3) is 0 Å². The van der Waals surface area contributed by atoms with Crippen molar-refractivity contribution in [2.45, 2.75) is 25.3 Å². The summed E-state index contributed by atoms with van der Waals surface area (Å²) in [6.07, 6.45) is 2.31. The zero-order valence-corrected chi connectivity index (χ0v) is 17.6. The van der Waals surface area contributed by atoms with Gasteiger partial charge in [0.05, 0.1) is 27.9 Å². The molecule has 1 aliphatic heterocycles. The normalized spacial score (nSPS) is 16.2. The molecule has 7 nitrogen and oxygen atoms in total. The number of hydrogen-bond donors (Lipinski definition) is 1. The molecular weight excluding hydrogens is 384 g/mol. The zero-order valence-electron chi connectivity index (χ0n) is 17.6. The van der Waals surface area contributed by atoms with Gasteiger partial charge in [0.25, 0.3) is 0 Å². The molecule has 160 valence electrons. The third-order valence-electron chi connectivity index (χ3n) is 5.31. The van der Waals surface area contributed by atoms with E-state index in [2.05, 4.69) is 10.2 Å². The van der Waals surface area contributed by atoms with Gasteiger partial charge in [-0.05, 0) is 19.4 Å². The molecule has 7 heteroatoms. The summed E-state index contributed by atoms with van der Waals surface area (Å²) in [5.74, 6) is 1.37. The highest BCUT2D eigenvalue weighted by Gasteiger charge is 2.28. The first-order chi connectivity index (χ1) is 14.5. The highest BCUT2D eigenvalue weighted by atomic mass is 16.5.